The average Bonchev–Trinajstić information content (AvgIpc) is 2.50. The van der Waals surface area contributed by atoms with E-state index in [4.69, 9.17) is 11.6 Å². The molecule has 0 heterocycles. The van der Waals surface area contributed by atoms with Crippen LogP contribution in [0.15, 0.2) is 24.3 Å². The Hall–Kier alpha value is -2.08. The summed E-state index contributed by atoms with van der Waals surface area (Å²) in [7, 11) is 0. The van der Waals surface area contributed by atoms with Gasteiger partial charge in [-0.25, -0.2) is 0 Å². The summed E-state index contributed by atoms with van der Waals surface area (Å²) in [5.41, 5.74) is 0.297. The largest absolute Gasteiger partial charge is 0.354 e. The summed E-state index contributed by atoms with van der Waals surface area (Å²) in [6, 6.07) is 5.90. The Kier molecular flexibility index (Phi) is 7.39. The van der Waals surface area contributed by atoms with Crippen LogP contribution >= 0.6 is 11.6 Å². The molecule has 0 saturated heterocycles. The average molecular weight is 326 g/mol. The first-order valence-corrected chi connectivity index (χ1v) is 7.43. The molecule has 1 aromatic carbocycles. The Morgan fingerprint density at radius 1 is 1.18 bits per heavy atom. The molecule has 0 bridgehead atoms. The van der Waals surface area contributed by atoms with Crippen molar-refractivity contribution < 1.29 is 14.4 Å². The molecule has 6 nitrogen and oxygen atoms in total. The predicted octanol–water partition coefficient (Wildman–Crippen LogP) is 1.10. The minimum atomic E-state index is -0.656. The molecule has 1 aromatic rings. The summed E-state index contributed by atoms with van der Waals surface area (Å²) in [6.07, 6.45) is 0.820. The van der Waals surface area contributed by atoms with Crippen LogP contribution in [0.5, 0.6) is 0 Å². The lowest BCUT2D eigenvalue weighted by atomic mass is 10.2. The van der Waals surface area contributed by atoms with E-state index < -0.39 is 17.9 Å². The van der Waals surface area contributed by atoms with Crippen LogP contribution < -0.4 is 16.0 Å². The fraction of sp³-hybridized carbons (Fsp3) is 0.400. The van der Waals surface area contributed by atoms with Gasteiger partial charge in [0.1, 0.15) is 6.04 Å². The Labute approximate surface area is 134 Å². The molecular weight excluding hydrogens is 306 g/mol. The maximum absolute atomic E-state index is 11.9. The van der Waals surface area contributed by atoms with Gasteiger partial charge in [-0.05, 0) is 25.5 Å². The van der Waals surface area contributed by atoms with Crippen molar-refractivity contribution in [3.05, 3.63) is 34.9 Å². The molecule has 3 N–H and O–H groups in total. The second-order valence-electron chi connectivity index (χ2n) is 4.74. The molecule has 0 aliphatic heterocycles. The molecule has 0 fully saturated rings. The molecular formula is C15H20ClN3O3. The summed E-state index contributed by atoms with van der Waals surface area (Å²) >= 11 is 5.89. The maximum atomic E-state index is 11.9. The molecule has 0 saturated carbocycles. The van der Waals surface area contributed by atoms with Crippen LogP contribution in [0, 0.1) is 0 Å². The normalized spacial score (nSPS) is 11.4. The smallest absolute Gasteiger partial charge is 0.253 e. The van der Waals surface area contributed by atoms with Gasteiger partial charge in [0, 0.05) is 6.54 Å². The number of benzene rings is 1. The van der Waals surface area contributed by atoms with E-state index in [1.165, 1.54) is 0 Å². The quantitative estimate of drug-likeness (QED) is 0.701. The highest BCUT2D eigenvalue weighted by Gasteiger charge is 2.16. The molecule has 0 unspecified atom stereocenters. The fourth-order valence-electron chi connectivity index (χ4n) is 1.66. The number of amides is 3. The van der Waals surface area contributed by atoms with Crippen molar-refractivity contribution in [2.45, 2.75) is 26.3 Å². The summed E-state index contributed by atoms with van der Waals surface area (Å²) in [5, 5.41) is 7.96. The fourth-order valence-corrected chi connectivity index (χ4v) is 1.88. The molecule has 120 valence electrons. The van der Waals surface area contributed by atoms with Crippen molar-refractivity contribution in [1.29, 1.82) is 0 Å². The van der Waals surface area contributed by atoms with Crippen molar-refractivity contribution in [3.63, 3.8) is 0 Å². The van der Waals surface area contributed by atoms with Gasteiger partial charge in [0.15, 0.2) is 0 Å². The molecule has 1 atom stereocenters. The van der Waals surface area contributed by atoms with Crippen molar-refractivity contribution >= 4 is 29.3 Å². The Morgan fingerprint density at radius 3 is 2.50 bits per heavy atom. The highest BCUT2D eigenvalue weighted by atomic mass is 35.5. The van der Waals surface area contributed by atoms with Crippen molar-refractivity contribution in [2.24, 2.45) is 0 Å². The number of carbonyl (C=O) groups excluding carboxylic acids is 3. The van der Waals surface area contributed by atoms with E-state index in [0.29, 0.717) is 17.1 Å². The summed E-state index contributed by atoms with van der Waals surface area (Å²) < 4.78 is 0. The molecule has 0 aliphatic rings. The van der Waals surface area contributed by atoms with E-state index >= 15 is 0 Å². The van der Waals surface area contributed by atoms with Gasteiger partial charge in [-0.15, -0.1) is 0 Å². The van der Waals surface area contributed by atoms with E-state index in [-0.39, 0.29) is 12.5 Å². The highest BCUT2D eigenvalue weighted by molar-refractivity contribution is 6.33. The first-order valence-electron chi connectivity index (χ1n) is 7.05. The molecule has 7 heteroatoms. The zero-order valence-corrected chi connectivity index (χ0v) is 13.4. The zero-order chi connectivity index (χ0) is 16.5. The molecule has 22 heavy (non-hydrogen) atoms. The van der Waals surface area contributed by atoms with E-state index in [1.54, 1.807) is 31.2 Å². The Bertz CT molecular complexity index is 549. The van der Waals surface area contributed by atoms with Crippen molar-refractivity contribution in [2.75, 3.05) is 13.1 Å². The van der Waals surface area contributed by atoms with Gasteiger partial charge in [-0.2, -0.15) is 0 Å². The standard InChI is InChI=1S/C15H20ClN3O3/c1-3-8-17-14(21)10(2)19-13(20)9-18-15(22)11-6-4-5-7-12(11)16/h4-7,10H,3,8-9H2,1-2H3,(H,17,21)(H,18,22)(H,19,20)/t10-/m1/s1. The molecule has 0 aliphatic carbocycles. The van der Waals surface area contributed by atoms with E-state index in [2.05, 4.69) is 16.0 Å². The van der Waals surface area contributed by atoms with Crippen LogP contribution in [0.4, 0.5) is 0 Å². The topological polar surface area (TPSA) is 87.3 Å². The number of hydrogen-bond donors (Lipinski definition) is 3. The summed E-state index contributed by atoms with van der Waals surface area (Å²) in [4.78, 5) is 35.2. The number of nitrogens with one attached hydrogen (secondary N) is 3. The van der Waals surface area contributed by atoms with E-state index in [0.717, 1.165) is 6.42 Å². The minimum Gasteiger partial charge on any atom is -0.354 e. The molecule has 1 rings (SSSR count). The summed E-state index contributed by atoms with van der Waals surface area (Å²) in [6.45, 7) is 3.85. The lowest BCUT2D eigenvalue weighted by molar-refractivity contribution is -0.128. The van der Waals surface area contributed by atoms with Crippen LogP contribution in [0.3, 0.4) is 0 Å². The lowest BCUT2D eigenvalue weighted by Crippen LogP contribution is -2.48. The second-order valence-corrected chi connectivity index (χ2v) is 5.15. The summed E-state index contributed by atoms with van der Waals surface area (Å²) in [5.74, 6) is -1.14. The highest BCUT2D eigenvalue weighted by Crippen LogP contribution is 2.14. The third-order valence-electron chi connectivity index (χ3n) is 2.85. The first kappa shape index (κ1) is 18.0. The van der Waals surface area contributed by atoms with E-state index in [9.17, 15) is 14.4 Å². The molecule has 3 amide bonds. The lowest BCUT2D eigenvalue weighted by Gasteiger charge is -2.14. The Morgan fingerprint density at radius 2 is 1.86 bits per heavy atom. The third-order valence-corrected chi connectivity index (χ3v) is 3.18. The number of rotatable bonds is 7. The Balaban J connectivity index is 2.41. The van der Waals surface area contributed by atoms with E-state index in [1.807, 2.05) is 6.92 Å². The first-order chi connectivity index (χ1) is 10.5. The van der Waals surface area contributed by atoms with Gasteiger partial charge in [0.2, 0.25) is 11.8 Å². The number of halogens is 1. The van der Waals surface area contributed by atoms with Crippen LogP contribution in [0.25, 0.3) is 0 Å². The molecule has 0 spiro atoms. The number of carbonyl (C=O) groups is 3. The van der Waals surface area contributed by atoms with Crippen LogP contribution in [-0.4, -0.2) is 36.9 Å². The SMILES string of the molecule is CCCNC(=O)[C@@H](C)NC(=O)CNC(=O)c1ccccc1Cl. The van der Waals surface area contributed by atoms with Crippen molar-refractivity contribution in [3.8, 4) is 0 Å². The van der Waals surface area contributed by atoms with Crippen LogP contribution in [0.1, 0.15) is 30.6 Å². The zero-order valence-electron chi connectivity index (χ0n) is 12.6. The van der Waals surface area contributed by atoms with Gasteiger partial charge in [0.05, 0.1) is 17.1 Å². The van der Waals surface area contributed by atoms with Gasteiger partial charge in [0.25, 0.3) is 5.91 Å². The maximum Gasteiger partial charge on any atom is 0.253 e. The monoisotopic (exact) mass is 325 g/mol. The second kappa shape index (κ2) is 9.04. The number of hydrogen-bond acceptors (Lipinski definition) is 3. The molecule has 0 aromatic heterocycles. The van der Waals surface area contributed by atoms with Gasteiger partial charge < -0.3 is 16.0 Å². The third kappa shape index (κ3) is 5.73. The van der Waals surface area contributed by atoms with Gasteiger partial charge in [-0.3, -0.25) is 14.4 Å². The van der Waals surface area contributed by atoms with Crippen LogP contribution in [0.2, 0.25) is 5.02 Å². The van der Waals surface area contributed by atoms with Crippen LogP contribution in [-0.2, 0) is 9.59 Å². The predicted molar refractivity (Wildman–Crippen MR) is 84.7 cm³/mol. The van der Waals surface area contributed by atoms with Gasteiger partial charge in [-0.1, -0.05) is 30.7 Å². The minimum absolute atomic E-state index is 0.227. The van der Waals surface area contributed by atoms with Crippen molar-refractivity contribution in [1.82, 2.24) is 16.0 Å². The molecule has 0 radical (unpaired) electrons. The van der Waals surface area contributed by atoms with Gasteiger partial charge >= 0.3 is 0 Å².